The Morgan fingerprint density at radius 1 is 0.971 bits per heavy atom. The summed E-state index contributed by atoms with van der Waals surface area (Å²) in [5.41, 5.74) is 1.70. The van der Waals surface area contributed by atoms with Crippen LogP contribution in [0.2, 0.25) is 5.02 Å². The van der Waals surface area contributed by atoms with Crippen molar-refractivity contribution in [2.75, 3.05) is 19.1 Å². The molecule has 0 saturated carbocycles. The lowest BCUT2D eigenvalue weighted by Crippen LogP contribution is -2.29. The van der Waals surface area contributed by atoms with Crippen molar-refractivity contribution in [2.45, 2.75) is 6.04 Å². The van der Waals surface area contributed by atoms with Gasteiger partial charge in [-0.2, -0.15) is 0 Å². The summed E-state index contributed by atoms with van der Waals surface area (Å²) in [6.07, 6.45) is 0. The molecule has 0 spiro atoms. The van der Waals surface area contributed by atoms with Crippen LogP contribution in [0.15, 0.2) is 69.9 Å². The second kappa shape index (κ2) is 8.11. The number of hydrogen-bond acceptors (Lipinski definition) is 7. The van der Waals surface area contributed by atoms with E-state index in [1.165, 1.54) is 16.2 Å². The number of fused-ring (bicyclic) bond motifs is 3. The molecule has 1 aliphatic rings. The molecule has 3 aromatic carbocycles. The second-order valence-corrected chi connectivity index (χ2v) is 9.44. The molecular formula is C26H17ClN2O5S. The van der Waals surface area contributed by atoms with Gasteiger partial charge in [-0.3, -0.25) is 14.5 Å². The summed E-state index contributed by atoms with van der Waals surface area (Å²) in [7, 11) is 3.17. The summed E-state index contributed by atoms with van der Waals surface area (Å²) >= 11 is 7.50. The van der Waals surface area contributed by atoms with E-state index in [2.05, 4.69) is 0 Å². The molecule has 5 aromatic rings. The number of carbonyl (C=O) groups is 1. The van der Waals surface area contributed by atoms with E-state index in [0.29, 0.717) is 32.6 Å². The Bertz CT molecular complexity index is 1690. The topological polar surface area (TPSA) is 81.9 Å². The zero-order chi connectivity index (χ0) is 24.3. The van der Waals surface area contributed by atoms with Crippen molar-refractivity contribution in [1.29, 1.82) is 0 Å². The van der Waals surface area contributed by atoms with Gasteiger partial charge in [-0.25, -0.2) is 4.98 Å². The first kappa shape index (κ1) is 21.6. The number of aromatic nitrogens is 1. The molecule has 0 bridgehead atoms. The first-order valence-corrected chi connectivity index (χ1v) is 11.9. The SMILES string of the molecule is COc1ccc([C@@H]2c3c(oc4ccc(Cl)cc4c3=O)C(=O)N2c2nc3ccc(OC)cc3s2)cc1. The summed E-state index contributed by atoms with van der Waals surface area (Å²) < 4.78 is 17.5. The number of anilines is 1. The van der Waals surface area contributed by atoms with Crippen molar-refractivity contribution >= 4 is 55.2 Å². The third-order valence-electron chi connectivity index (χ3n) is 6.05. The molecule has 7 nitrogen and oxygen atoms in total. The zero-order valence-corrected chi connectivity index (χ0v) is 20.1. The van der Waals surface area contributed by atoms with E-state index in [1.54, 1.807) is 44.6 Å². The third kappa shape index (κ3) is 3.37. The monoisotopic (exact) mass is 504 g/mol. The molecule has 0 aliphatic carbocycles. The molecule has 6 rings (SSSR count). The number of methoxy groups -OCH3 is 2. The summed E-state index contributed by atoms with van der Waals surface area (Å²) in [5, 5.41) is 1.18. The van der Waals surface area contributed by atoms with Crippen molar-refractivity contribution in [3.8, 4) is 11.5 Å². The van der Waals surface area contributed by atoms with Crippen LogP contribution in [0, 0.1) is 0 Å². The highest BCUT2D eigenvalue weighted by Gasteiger charge is 2.45. The van der Waals surface area contributed by atoms with Crippen LogP contribution >= 0.6 is 22.9 Å². The van der Waals surface area contributed by atoms with Gasteiger partial charge in [0.15, 0.2) is 10.6 Å². The standard InChI is InChI=1S/C26H17ClN2O5S/c1-32-15-6-3-13(4-7-15)22-21-23(30)17-11-14(27)5-10-19(17)34-24(21)25(31)29(22)26-28-18-9-8-16(33-2)12-20(18)35-26/h3-12,22H,1-2H3/t22-/m1/s1. The molecule has 1 atom stereocenters. The molecule has 0 unspecified atom stereocenters. The highest BCUT2D eigenvalue weighted by Crippen LogP contribution is 2.44. The summed E-state index contributed by atoms with van der Waals surface area (Å²) in [4.78, 5) is 33.7. The molecule has 0 saturated heterocycles. The van der Waals surface area contributed by atoms with Crippen LogP contribution in [0.25, 0.3) is 21.2 Å². The number of hydrogen-bond donors (Lipinski definition) is 0. The number of amides is 1. The molecule has 0 radical (unpaired) electrons. The fourth-order valence-electron chi connectivity index (χ4n) is 4.37. The number of halogens is 1. The van der Waals surface area contributed by atoms with Gasteiger partial charge in [0.1, 0.15) is 17.1 Å². The normalized spacial score (nSPS) is 15.1. The van der Waals surface area contributed by atoms with Crippen LogP contribution in [0.5, 0.6) is 11.5 Å². The minimum absolute atomic E-state index is 0.00229. The summed E-state index contributed by atoms with van der Waals surface area (Å²) in [6.45, 7) is 0. The van der Waals surface area contributed by atoms with E-state index in [1.807, 2.05) is 30.3 Å². The van der Waals surface area contributed by atoms with Gasteiger partial charge in [-0.15, -0.1) is 0 Å². The van der Waals surface area contributed by atoms with Crippen LogP contribution in [0.1, 0.15) is 27.7 Å². The largest absolute Gasteiger partial charge is 0.497 e. The molecule has 174 valence electrons. The van der Waals surface area contributed by atoms with Gasteiger partial charge in [0.05, 0.1) is 41.4 Å². The average molecular weight is 505 g/mol. The van der Waals surface area contributed by atoms with E-state index in [4.69, 9.17) is 30.5 Å². The lowest BCUT2D eigenvalue weighted by atomic mass is 9.98. The molecular weight excluding hydrogens is 488 g/mol. The Morgan fingerprint density at radius 3 is 2.46 bits per heavy atom. The smallest absolute Gasteiger partial charge is 0.297 e. The lowest BCUT2D eigenvalue weighted by molar-refractivity contribution is 0.0971. The van der Waals surface area contributed by atoms with Gasteiger partial charge in [-0.05, 0) is 54.1 Å². The van der Waals surface area contributed by atoms with Crippen LogP contribution in [0.3, 0.4) is 0 Å². The lowest BCUT2D eigenvalue weighted by Gasteiger charge is -2.22. The molecule has 0 N–H and O–H groups in total. The Morgan fingerprint density at radius 2 is 1.71 bits per heavy atom. The number of nitrogens with zero attached hydrogens (tertiary/aromatic N) is 2. The van der Waals surface area contributed by atoms with Crippen LogP contribution in [0.4, 0.5) is 5.13 Å². The predicted molar refractivity (Wildman–Crippen MR) is 135 cm³/mol. The van der Waals surface area contributed by atoms with E-state index < -0.39 is 11.9 Å². The van der Waals surface area contributed by atoms with E-state index in [0.717, 1.165) is 15.8 Å². The highest BCUT2D eigenvalue weighted by atomic mass is 35.5. The number of ether oxygens (including phenoxy) is 2. The Hall–Kier alpha value is -3.88. The minimum Gasteiger partial charge on any atom is -0.497 e. The van der Waals surface area contributed by atoms with Gasteiger partial charge >= 0.3 is 0 Å². The first-order valence-electron chi connectivity index (χ1n) is 10.7. The minimum atomic E-state index is -0.731. The molecule has 3 heterocycles. The van der Waals surface area contributed by atoms with E-state index >= 15 is 0 Å². The molecule has 0 fully saturated rings. The van der Waals surface area contributed by atoms with Gasteiger partial charge in [0, 0.05) is 5.02 Å². The van der Waals surface area contributed by atoms with Crippen molar-refractivity contribution < 1.29 is 18.7 Å². The van der Waals surface area contributed by atoms with Crippen molar-refractivity contribution in [3.63, 3.8) is 0 Å². The first-order chi connectivity index (χ1) is 17.0. The van der Waals surface area contributed by atoms with Gasteiger partial charge < -0.3 is 13.9 Å². The molecule has 1 amide bonds. The number of benzene rings is 3. The fraction of sp³-hybridized carbons (Fsp3) is 0.115. The third-order valence-corrected chi connectivity index (χ3v) is 7.31. The van der Waals surface area contributed by atoms with Gasteiger partial charge in [-0.1, -0.05) is 35.1 Å². The quantitative estimate of drug-likeness (QED) is 0.306. The Kier molecular flexibility index (Phi) is 5.01. The van der Waals surface area contributed by atoms with E-state index in [-0.39, 0.29) is 16.8 Å². The van der Waals surface area contributed by atoms with Crippen molar-refractivity contribution in [3.05, 3.63) is 92.8 Å². The Balaban J connectivity index is 1.61. The summed E-state index contributed by atoms with van der Waals surface area (Å²) in [5.74, 6) is 0.924. The maximum absolute atomic E-state index is 13.8. The van der Waals surface area contributed by atoms with Gasteiger partial charge in [0.25, 0.3) is 5.91 Å². The summed E-state index contributed by atoms with van der Waals surface area (Å²) in [6, 6.07) is 16.8. The van der Waals surface area contributed by atoms with Crippen LogP contribution in [-0.2, 0) is 0 Å². The number of thiazole rings is 1. The fourth-order valence-corrected chi connectivity index (χ4v) is 5.56. The maximum Gasteiger partial charge on any atom is 0.297 e. The molecule has 1 aliphatic heterocycles. The van der Waals surface area contributed by atoms with Crippen LogP contribution < -0.4 is 19.8 Å². The van der Waals surface area contributed by atoms with Crippen molar-refractivity contribution in [1.82, 2.24) is 4.98 Å². The van der Waals surface area contributed by atoms with Crippen molar-refractivity contribution in [2.24, 2.45) is 0 Å². The van der Waals surface area contributed by atoms with E-state index in [9.17, 15) is 9.59 Å². The number of rotatable bonds is 4. The second-order valence-electron chi connectivity index (χ2n) is 8.00. The van der Waals surface area contributed by atoms with Crippen LogP contribution in [-0.4, -0.2) is 25.1 Å². The Labute approximate surface area is 208 Å². The molecule has 2 aromatic heterocycles. The predicted octanol–water partition coefficient (Wildman–Crippen LogP) is 5.82. The molecule has 35 heavy (non-hydrogen) atoms. The average Bonchev–Trinajstić information content (AvgIpc) is 3.42. The highest BCUT2D eigenvalue weighted by molar-refractivity contribution is 7.22. The maximum atomic E-state index is 13.8. The molecule has 9 heteroatoms. The zero-order valence-electron chi connectivity index (χ0n) is 18.6. The number of carbonyl (C=O) groups excluding carboxylic acids is 1. The van der Waals surface area contributed by atoms with Gasteiger partial charge in [0.2, 0.25) is 5.76 Å².